The Balaban J connectivity index is 2.81. The normalized spacial score (nSPS) is 12.5. The molecule has 0 aromatic carbocycles. The van der Waals surface area contributed by atoms with E-state index in [2.05, 4.69) is 12.2 Å². The molecule has 1 aromatic rings. The molecule has 0 saturated heterocycles. The van der Waals surface area contributed by atoms with E-state index in [9.17, 15) is 8.42 Å². The Morgan fingerprint density at radius 3 is 2.55 bits per heavy atom. The van der Waals surface area contributed by atoms with Crippen LogP contribution in [0.2, 0.25) is 0 Å². The molecule has 0 saturated carbocycles. The van der Waals surface area contributed by atoms with Crippen molar-refractivity contribution in [2.45, 2.75) is 38.3 Å². The lowest BCUT2D eigenvalue weighted by molar-refractivity contribution is 0.382. The highest BCUT2D eigenvalue weighted by Crippen LogP contribution is 2.25. The van der Waals surface area contributed by atoms with Gasteiger partial charge < -0.3 is 5.32 Å². The van der Waals surface area contributed by atoms with Gasteiger partial charge in [-0.1, -0.05) is 27.7 Å². The first-order valence-electron chi connectivity index (χ1n) is 7.21. The first-order chi connectivity index (χ1) is 9.41. The maximum atomic E-state index is 12.6. The Morgan fingerprint density at radius 2 is 2.00 bits per heavy atom. The van der Waals surface area contributed by atoms with E-state index < -0.39 is 10.0 Å². The highest BCUT2D eigenvalue weighted by atomic mass is 32.2. The largest absolute Gasteiger partial charge is 0.317 e. The monoisotopic (exact) mass is 318 g/mol. The molecule has 1 N–H and O–H groups in total. The van der Waals surface area contributed by atoms with Crippen LogP contribution in [0.4, 0.5) is 0 Å². The van der Waals surface area contributed by atoms with Crippen molar-refractivity contribution in [3.8, 4) is 0 Å². The summed E-state index contributed by atoms with van der Waals surface area (Å²) in [6.45, 7) is 10.9. The molecule has 0 aliphatic carbocycles. The van der Waals surface area contributed by atoms with Crippen molar-refractivity contribution in [3.05, 3.63) is 17.0 Å². The fraction of sp³-hybridized carbons (Fsp3) is 0.714. The van der Waals surface area contributed by atoms with E-state index >= 15 is 0 Å². The molecular formula is C14H26N2O2S2. The minimum Gasteiger partial charge on any atom is -0.317 e. The predicted octanol–water partition coefficient (Wildman–Crippen LogP) is 2.57. The van der Waals surface area contributed by atoms with Crippen LogP contribution >= 0.6 is 11.3 Å². The van der Waals surface area contributed by atoms with Gasteiger partial charge >= 0.3 is 0 Å². The quantitative estimate of drug-likeness (QED) is 0.712. The van der Waals surface area contributed by atoms with E-state index in [0.717, 1.165) is 24.4 Å². The summed E-state index contributed by atoms with van der Waals surface area (Å²) < 4.78 is 27.2. The summed E-state index contributed by atoms with van der Waals surface area (Å²) >= 11 is 1.39. The van der Waals surface area contributed by atoms with E-state index in [0.29, 0.717) is 23.2 Å². The highest BCUT2D eigenvalue weighted by molar-refractivity contribution is 7.91. The fourth-order valence-electron chi connectivity index (χ4n) is 1.95. The second kappa shape index (κ2) is 8.12. The van der Waals surface area contributed by atoms with Gasteiger partial charge in [0.25, 0.3) is 10.0 Å². The molecule has 116 valence electrons. The first kappa shape index (κ1) is 17.6. The van der Waals surface area contributed by atoms with Crippen molar-refractivity contribution in [2.75, 3.05) is 26.2 Å². The maximum Gasteiger partial charge on any atom is 0.252 e. The van der Waals surface area contributed by atoms with E-state index in [1.54, 1.807) is 10.4 Å². The second-order valence-corrected chi connectivity index (χ2v) is 8.51. The summed E-state index contributed by atoms with van der Waals surface area (Å²) in [5.41, 5.74) is 0. The topological polar surface area (TPSA) is 49.4 Å². The molecule has 1 aromatic heterocycles. The third kappa shape index (κ3) is 4.84. The second-order valence-electron chi connectivity index (χ2n) is 5.17. The van der Waals surface area contributed by atoms with Crippen LogP contribution in [0, 0.1) is 5.92 Å². The van der Waals surface area contributed by atoms with E-state index in [1.807, 2.05) is 26.8 Å². The Morgan fingerprint density at radius 1 is 1.30 bits per heavy atom. The molecule has 0 atom stereocenters. The van der Waals surface area contributed by atoms with Crippen molar-refractivity contribution < 1.29 is 8.42 Å². The predicted molar refractivity (Wildman–Crippen MR) is 85.8 cm³/mol. The first-order valence-corrected chi connectivity index (χ1v) is 9.47. The molecule has 0 radical (unpaired) electrons. The van der Waals surface area contributed by atoms with Crippen LogP contribution in [-0.4, -0.2) is 38.9 Å². The minimum atomic E-state index is -3.32. The molecule has 6 heteroatoms. The number of sulfonamides is 1. The van der Waals surface area contributed by atoms with Crippen LogP contribution in [0.1, 0.15) is 32.6 Å². The highest BCUT2D eigenvalue weighted by Gasteiger charge is 2.25. The molecule has 20 heavy (non-hydrogen) atoms. The SMILES string of the molecule is CCNCCc1ccc(S(=O)(=O)N(CC)CC(C)C)s1. The third-order valence-electron chi connectivity index (χ3n) is 2.95. The van der Waals surface area contributed by atoms with Crippen molar-refractivity contribution in [1.82, 2.24) is 9.62 Å². The molecule has 1 heterocycles. The van der Waals surface area contributed by atoms with Crippen LogP contribution < -0.4 is 5.32 Å². The molecule has 1 rings (SSSR count). The van der Waals surface area contributed by atoms with E-state index in [4.69, 9.17) is 0 Å². The van der Waals surface area contributed by atoms with Crippen LogP contribution in [0.15, 0.2) is 16.3 Å². The summed E-state index contributed by atoms with van der Waals surface area (Å²) in [5.74, 6) is 0.331. The number of thiophene rings is 1. The van der Waals surface area contributed by atoms with E-state index in [1.165, 1.54) is 11.3 Å². The molecule has 0 aliphatic rings. The molecule has 0 bridgehead atoms. The Hall–Kier alpha value is -0.430. The van der Waals surface area contributed by atoms with Crippen LogP contribution in [0.3, 0.4) is 0 Å². The average molecular weight is 319 g/mol. The van der Waals surface area contributed by atoms with Crippen LogP contribution in [0.5, 0.6) is 0 Å². The van der Waals surface area contributed by atoms with Gasteiger partial charge in [-0.2, -0.15) is 4.31 Å². The van der Waals surface area contributed by atoms with Crippen molar-refractivity contribution in [1.29, 1.82) is 0 Å². The van der Waals surface area contributed by atoms with Gasteiger partial charge in [-0.25, -0.2) is 8.42 Å². The standard InChI is InChI=1S/C14H26N2O2S2/c1-5-15-10-9-13-7-8-14(19-13)20(17,18)16(6-2)11-12(3)4/h7-8,12,15H,5-6,9-11H2,1-4H3. The summed E-state index contributed by atoms with van der Waals surface area (Å²) in [6, 6.07) is 3.67. The van der Waals surface area contributed by atoms with E-state index in [-0.39, 0.29) is 0 Å². The molecule has 0 amide bonds. The van der Waals surface area contributed by atoms with Gasteiger partial charge in [0.05, 0.1) is 0 Å². The van der Waals surface area contributed by atoms with Crippen molar-refractivity contribution >= 4 is 21.4 Å². The van der Waals surface area contributed by atoms with Crippen LogP contribution in [0.25, 0.3) is 0 Å². The van der Waals surface area contributed by atoms with Gasteiger partial charge in [0.2, 0.25) is 0 Å². The Bertz CT molecular complexity index is 495. The van der Waals surface area contributed by atoms with Gasteiger partial charge in [-0.05, 0) is 37.6 Å². The Kier molecular flexibility index (Phi) is 7.15. The Labute approximate surface area is 127 Å². The lowest BCUT2D eigenvalue weighted by Crippen LogP contribution is -2.33. The fourth-order valence-corrected chi connectivity index (χ4v) is 5.07. The van der Waals surface area contributed by atoms with Crippen LogP contribution in [-0.2, 0) is 16.4 Å². The zero-order chi connectivity index (χ0) is 15.2. The number of nitrogens with zero attached hydrogens (tertiary/aromatic N) is 1. The molecule has 0 fully saturated rings. The summed E-state index contributed by atoms with van der Waals surface area (Å²) in [6.07, 6.45) is 0.879. The van der Waals surface area contributed by atoms with Crippen molar-refractivity contribution in [3.63, 3.8) is 0 Å². The molecule has 0 aliphatic heterocycles. The van der Waals surface area contributed by atoms with Gasteiger partial charge in [0, 0.05) is 18.0 Å². The van der Waals surface area contributed by atoms with Gasteiger partial charge in [0.15, 0.2) is 0 Å². The third-order valence-corrected chi connectivity index (χ3v) is 6.50. The van der Waals surface area contributed by atoms with Gasteiger partial charge in [0.1, 0.15) is 4.21 Å². The number of likely N-dealkylation sites (N-methyl/N-ethyl adjacent to an activating group) is 1. The number of rotatable bonds is 9. The molecule has 0 unspecified atom stereocenters. The maximum absolute atomic E-state index is 12.6. The molecule has 4 nitrogen and oxygen atoms in total. The van der Waals surface area contributed by atoms with Crippen molar-refractivity contribution in [2.24, 2.45) is 5.92 Å². The summed E-state index contributed by atoms with van der Waals surface area (Å²) in [5, 5.41) is 3.25. The average Bonchev–Trinajstić information content (AvgIpc) is 2.85. The van der Waals surface area contributed by atoms with Gasteiger partial charge in [-0.3, -0.25) is 0 Å². The smallest absolute Gasteiger partial charge is 0.252 e. The number of hydrogen-bond acceptors (Lipinski definition) is 4. The zero-order valence-corrected chi connectivity index (χ0v) is 14.5. The zero-order valence-electron chi connectivity index (χ0n) is 12.8. The number of hydrogen-bond donors (Lipinski definition) is 1. The molecule has 0 spiro atoms. The van der Waals surface area contributed by atoms with Gasteiger partial charge in [-0.15, -0.1) is 11.3 Å². The summed E-state index contributed by atoms with van der Waals surface area (Å²) in [4.78, 5) is 1.12. The minimum absolute atomic E-state index is 0.331. The lowest BCUT2D eigenvalue weighted by atomic mass is 10.2. The molecular weight excluding hydrogens is 292 g/mol. The summed E-state index contributed by atoms with van der Waals surface area (Å²) in [7, 11) is -3.32. The lowest BCUT2D eigenvalue weighted by Gasteiger charge is -2.21. The number of nitrogens with one attached hydrogen (secondary N) is 1.